The van der Waals surface area contributed by atoms with Crippen molar-refractivity contribution in [2.24, 2.45) is 4.99 Å². The maximum absolute atomic E-state index is 11.9. The van der Waals surface area contributed by atoms with Crippen LogP contribution in [0, 0.1) is 6.92 Å². The lowest BCUT2D eigenvalue weighted by Crippen LogP contribution is -2.36. The normalized spacial score (nSPS) is 14.7. The summed E-state index contributed by atoms with van der Waals surface area (Å²) >= 11 is 0. The monoisotopic (exact) mass is 442 g/mol. The molecule has 0 bridgehead atoms. The van der Waals surface area contributed by atoms with Gasteiger partial charge in [-0.2, -0.15) is 0 Å². The number of aliphatic imine (C=N–C) groups is 1. The minimum Gasteiger partial charge on any atom is -0.357 e. The van der Waals surface area contributed by atoms with Gasteiger partial charge in [0.2, 0.25) is 5.91 Å². The van der Waals surface area contributed by atoms with Gasteiger partial charge in [0, 0.05) is 38.0 Å². The zero-order valence-corrected chi connectivity index (χ0v) is 19.1. The van der Waals surface area contributed by atoms with Crippen LogP contribution < -0.4 is 15.5 Å². The fourth-order valence-electron chi connectivity index (χ4n) is 3.64. The van der Waals surface area contributed by atoms with E-state index in [4.69, 9.17) is 0 Å². The highest BCUT2D eigenvalue weighted by atomic mass is 32.2. The molecule has 1 fully saturated rings. The quantitative estimate of drug-likeness (QED) is 0.508. The minimum atomic E-state index is -3.22. The van der Waals surface area contributed by atoms with Crippen molar-refractivity contribution in [3.05, 3.63) is 59.2 Å². The zero-order valence-electron chi connectivity index (χ0n) is 18.3. The summed E-state index contributed by atoms with van der Waals surface area (Å²) in [5.74, 6) is 0.874. The van der Waals surface area contributed by atoms with Crippen molar-refractivity contribution in [3.8, 4) is 0 Å². The molecule has 2 N–H and O–H groups in total. The number of guanidine groups is 1. The van der Waals surface area contributed by atoms with E-state index in [2.05, 4.69) is 15.6 Å². The number of rotatable bonds is 7. The number of aryl methyl sites for hydroxylation is 1. The summed E-state index contributed by atoms with van der Waals surface area (Å²) in [5.41, 5.74) is 3.71. The van der Waals surface area contributed by atoms with Crippen molar-refractivity contribution < 1.29 is 13.2 Å². The molecule has 0 radical (unpaired) electrons. The fourth-order valence-corrected chi connectivity index (χ4v) is 4.60. The molecule has 3 rings (SSSR count). The first kappa shape index (κ1) is 22.8. The lowest BCUT2D eigenvalue weighted by Gasteiger charge is -2.16. The number of nitrogens with zero attached hydrogens (tertiary/aromatic N) is 2. The highest BCUT2D eigenvalue weighted by Gasteiger charge is 2.21. The van der Waals surface area contributed by atoms with E-state index in [1.165, 1.54) is 6.26 Å². The summed E-state index contributed by atoms with van der Waals surface area (Å²) in [5, 5.41) is 6.54. The molecule has 0 atom stereocenters. The van der Waals surface area contributed by atoms with Gasteiger partial charge in [-0.05, 0) is 55.2 Å². The van der Waals surface area contributed by atoms with Gasteiger partial charge >= 0.3 is 0 Å². The molecular weight excluding hydrogens is 412 g/mol. The van der Waals surface area contributed by atoms with Gasteiger partial charge in [-0.3, -0.25) is 4.79 Å². The SMILES string of the molecule is CCNC(=NCc1ccc(S(C)(=O)=O)c(C)c1)NCc1ccc(N2CCCC2=O)cc1. The standard InChI is InChI=1S/C23H30N4O3S/c1-4-24-23(26-16-19-9-12-21(17(2)14-19)31(3,29)30)25-15-18-7-10-20(11-8-18)27-13-5-6-22(27)28/h7-12,14H,4-6,13,15-16H2,1-3H3,(H2,24,25,26). The Balaban J connectivity index is 1.62. The van der Waals surface area contributed by atoms with Gasteiger partial charge in [-0.15, -0.1) is 0 Å². The van der Waals surface area contributed by atoms with E-state index in [0.717, 1.165) is 41.9 Å². The van der Waals surface area contributed by atoms with Gasteiger partial charge in [-0.25, -0.2) is 13.4 Å². The third kappa shape index (κ3) is 6.07. The van der Waals surface area contributed by atoms with Crippen LogP contribution in [0.3, 0.4) is 0 Å². The van der Waals surface area contributed by atoms with Gasteiger partial charge in [0.15, 0.2) is 15.8 Å². The Labute approximate surface area is 184 Å². The maximum atomic E-state index is 11.9. The Morgan fingerprint density at radius 1 is 1.10 bits per heavy atom. The maximum Gasteiger partial charge on any atom is 0.227 e. The van der Waals surface area contributed by atoms with Gasteiger partial charge in [0.1, 0.15) is 0 Å². The van der Waals surface area contributed by atoms with E-state index in [1.807, 2.05) is 42.2 Å². The van der Waals surface area contributed by atoms with Gasteiger partial charge in [0.05, 0.1) is 11.4 Å². The molecule has 0 aliphatic carbocycles. The zero-order chi connectivity index (χ0) is 22.4. The summed E-state index contributed by atoms with van der Waals surface area (Å²) in [6.07, 6.45) is 2.76. The topological polar surface area (TPSA) is 90.9 Å². The number of benzene rings is 2. The van der Waals surface area contributed by atoms with E-state index < -0.39 is 9.84 Å². The van der Waals surface area contributed by atoms with Crippen LogP contribution in [-0.4, -0.2) is 39.6 Å². The average molecular weight is 443 g/mol. The molecule has 1 amide bonds. The van der Waals surface area contributed by atoms with Crippen LogP contribution in [-0.2, 0) is 27.7 Å². The van der Waals surface area contributed by atoms with Crippen LogP contribution in [0.25, 0.3) is 0 Å². The summed E-state index contributed by atoms with van der Waals surface area (Å²) in [4.78, 5) is 18.7. The molecule has 1 heterocycles. The van der Waals surface area contributed by atoms with Crippen LogP contribution in [0.4, 0.5) is 5.69 Å². The summed E-state index contributed by atoms with van der Waals surface area (Å²) in [6, 6.07) is 13.3. The Morgan fingerprint density at radius 3 is 2.39 bits per heavy atom. The Kier molecular flexibility index (Phi) is 7.33. The highest BCUT2D eigenvalue weighted by molar-refractivity contribution is 7.90. The number of hydrogen-bond acceptors (Lipinski definition) is 4. The largest absolute Gasteiger partial charge is 0.357 e. The highest BCUT2D eigenvalue weighted by Crippen LogP contribution is 2.21. The van der Waals surface area contributed by atoms with Crippen molar-refractivity contribution in [3.63, 3.8) is 0 Å². The van der Waals surface area contributed by atoms with Crippen LogP contribution in [0.2, 0.25) is 0 Å². The smallest absolute Gasteiger partial charge is 0.227 e. The number of amides is 1. The third-order valence-electron chi connectivity index (χ3n) is 5.18. The lowest BCUT2D eigenvalue weighted by molar-refractivity contribution is -0.117. The van der Waals surface area contributed by atoms with Crippen LogP contribution in [0.5, 0.6) is 0 Å². The minimum absolute atomic E-state index is 0.187. The molecule has 0 unspecified atom stereocenters. The number of sulfone groups is 1. The number of carbonyl (C=O) groups excluding carboxylic acids is 1. The van der Waals surface area contributed by atoms with Crippen molar-refractivity contribution >= 4 is 27.4 Å². The van der Waals surface area contributed by atoms with Crippen molar-refractivity contribution in [1.82, 2.24) is 10.6 Å². The summed E-state index contributed by atoms with van der Waals surface area (Å²) in [7, 11) is -3.22. The van der Waals surface area contributed by atoms with E-state index in [1.54, 1.807) is 19.1 Å². The number of anilines is 1. The molecule has 1 saturated heterocycles. The first-order valence-corrected chi connectivity index (χ1v) is 12.4. The predicted octanol–water partition coefficient (Wildman–Crippen LogP) is 2.78. The average Bonchev–Trinajstić information content (AvgIpc) is 3.15. The third-order valence-corrected chi connectivity index (χ3v) is 6.44. The molecule has 7 nitrogen and oxygen atoms in total. The molecule has 0 saturated carbocycles. The second-order valence-electron chi connectivity index (χ2n) is 7.74. The number of carbonyl (C=O) groups is 1. The molecule has 2 aromatic rings. The summed E-state index contributed by atoms with van der Waals surface area (Å²) < 4.78 is 23.6. The molecule has 1 aliphatic heterocycles. The first-order chi connectivity index (χ1) is 14.8. The van der Waals surface area contributed by atoms with Crippen molar-refractivity contribution in [2.75, 3.05) is 24.2 Å². The molecule has 166 valence electrons. The van der Waals surface area contributed by atoms with Gasteiger partial charge < -0.3 is 15.5 Å². The molecule has 1 aliphatic rings. The molecule has 0 spiro atoms. The Morgan fingerprint density at radius 2 is 1.81 bits per heavy atom. The van der Waals surface area contributed by atoms with Gasteiger partial charge in [-0.1, -0.05) is 24.3 Å². The van der Waals surface area contributed by atoms with Crippen molar-refractivity contribution in [1.29, 1.82) is 0 Å². The Hall–Kier alpha value is -2.87. The molecule has 2 aromatic carbocycles. The van der Waals surface area contributed by atoms with Gasteiger partial charge in [0.25, 0.3) is 0 Å². The first-order valence-electron chi connectivity index (χ1n) is 10.5. The lowest BCUT2D eigenvalue weighted by atomic mass is 10.1. The summed E-state index contributed by atoms with van der Waals surface area (Å²) in [6.45, 7) is 6.37. The fraction of sp³-hybridized carbons (Fsp3) is 0.391. The number of hydrogen-bond donors (Lipinski definition) is 2. The van der Waals surface area contributed by atoms with Crippen LogP contribution in [0.1, 0.15) is 36.5 Å². The van der Waals surface area contributed by atoms with E-state index in [-0.39, 0.29) is 5.91 Å². The molecule has 0 aromatic heterocycles. The second kappa shape index (κ2) is 9.96. The van der Waals surface area contributed by atoms with E-state index in [9.17, 15) is 13.2 Å². The van der Waals surface area contributed by atoms with Crippen molar-refractivity contribution in [2.45, 2.75) is 44.7 Å². The second-order valence-corrected chi connectivity index (χ2v) is 9.72. The van der Waals surface area contributed by atoms with E-state index >= 15 is 0 Å². The van der Waals surface area contributed by atoms with E-state index in [0.29, 0.717) is 30.4 Å². The van der Waals surface area contributed by atoms with Crippen LogP contribution >= 0.6 is 0 Å². The molecular formula is C23H30N4O3S. The molecule has 8 heteroatoms. The van der Waals surface area contributed by atoms with Crippen LogP contribution in [0.15, 0.2) is 52.4 Å². The molecule has 31 heavy (non-hydrogen) atoms. The predicted molar refractivity (Wildman–Crippen MR) is 124 cm³/mol. The number of nitrogens with one attached hydrogen (secondary N) is 2. The Bertz CT molecular complexity index is 1060.